The Hall–Kier alpha value is -0.580. The number of sulfone groups is 1. The van der Waals surface area contributed by atoms with Gasteiger partial charge in [-0.15, -0.1) is 0 Å². The van der Waals surface area contributed by atoms with Gasteiger partial charge in [0.05, 0.1) is 11.2 Å². The first-order chi connectivity index (χ1) is 5.86. The van der Waals surface area contributed by atoms with Crippen molar-refractivity contribution < 1.29 is 18.3 Å². The molecule has 1 aliphatic rings. The summed E-state index contributed by atoms with van der Waals surface area (Å²) in [5.74, 6) is -0.860. The van der Waals surface area contributed by atoms with Crippen LogP contribution in [0.2, 0.25) is 0 Å². The SMILES string of the molecule is CS(=O)(=O)CCC1(C(=O)O)CCC1. The highest BCUT2D eigenvalue weighted by molar-refractivity contribution is 7.90. The standard InChI is InChI=1S/C8H14O4S/c1-13(11,12)6-5-8(7(9)10)3-2-4-8/h2-6H2,1H3,(H,9,10). The lowest BCUT2D eigenvalue weighted by molar-refractivity contribution is -0.154. The third-order valence-electron chi connectivity index (χ3n) is 2.72. The first-order valence-corrected chi connectivity index (χ1v) is 6.33. The Balaban J connectivity index is 2.56. The summed E-state index contributed by atoms with van der Waals surface area (Å²) in [6.45, 7) is 0. The summed E-state index contributed by atoms with van der Waals surface area (Å²) < 4.78 is 21.7. The molecule has 1 N–H and O–H groups in total. The van der Waals surface area contributed by atoms with Gasteiger partial charge in [0.15, 0.2) is 0 Å². The molecule has 1 saturated carbocycles. The molecule has 76 valence electrons. The van der Waals surface area contributed by atoms with Crippen molar-refractivity contribution in [1.82, 2.24) is 0 Å². The van der Waals surface area contributed by atoms with Crippen LogP contribution in [0.3, 0.4) is 0 Å². The van der Waals surface area contributed by atoms with Gasteiger partial charge in [0.1, 0.15) is 9.84 Å². The largest absolute Gasteiger partial charge is 0.481 e. The van der Waals surface area contributed by atoms with Crippen molar-refractivity contribution in [2.75, 3.05) is 12.0 Å². The molecule has 4 nitrogen and oxygen atoms in total. The smallest absolute Gasteiger partial charge is 0.309 e. The molecule has 0 aliphatic heterocycles. The minimum atomic E-state index is -3.03. The molecule has 0 amide bonds. The lowest BCUT2D eigenvalue weighted by Gasteiger charge is -2.37. The number of carbonyl (C=O) groups is 1. The van der Waals surface area contributed by atoms with Crippen LogP contribution in [0.4, 0.5) is 0 Å². The van der Waals surface area contributed by atoms with E-state index in [9.17, 15) is 13.2 Å². The quantitative estimate of drug-likeness (QED) is 0.734. The molecule has 0 atom stereocenters. The van der Waals surface area contributed by atoms with Crippen molar-refractivity contribution in [3.8, 4) is 0 Å². The Morgan fingerprint density at radius 1 is 1.46 bits per heavy atom. The zero-order valence-electron chi connectivity index (χ0n) is 7.62. The highest BCUT2D eigenvalue weighted by Crippen LogP contribution is 2.44. The molecule has 13 heavy (non-hydrogen) atoms. The van der Waals surface area contributed by atoms with E-state index < -0.39 is 21.2 Å². The normalized spacial score (nSPS) is 20.7. The average molecular weight is 206 g/mol. The summed E-state index contributed by atoms with van der Waals surface area (Å²) in [5, 5.41) is 8.89. The van der Waals surface area contributed by atoms with Crippen molar-refractivity contribution in [2.45, 2.75) is 25.7 Å². The van der Waals surface area contributed by atoms with E-state index in [1.807, 2.05) is 0 Å². The second-order valence-electron chi connectivity index (χ2n) is 3.82. The van der Waals surface area contributed by atoms with Gasteiger partial charge < -0.3 is 5.11 Å². The van der Waals surface area contributed by atoms with Crippen molar-refractivity contribution in [3.05, 3.63) is 0 Å². The Labute approximate surface area is 77.9 Å². The summed E-state index contributed by atoms with van der Waals surface area (Å²) in [6.07, 6.45) is 3.55. The first kappa shape index (κ1) is 10.5. The van der Waals surface area contributed by atoms with Crippen LogP contribution in [0.15, 0.2) is 0 Å². The summed E-state index contributed by atoms with van der Waals surface area (Å²) in [5.41, 5.74) is -0.733. The third-order valence-corrected chi connectivity index (χ3v) is 3.66. The van der Waals surface area contributed by atoms with E-state index >= 15 is 0 Å². The molecule has 0 aromatic rings. The lowest BCUT2D eigenvalue weighted by atomic mass is 9.67. The topological polar surface area (TPSA) is 71.4 Å². The maximum Gasteiger partial charge on any atom is 0.309 e. The number of aliphatic carboxylic acids is 1. The van der Waals surface area contributed by atoms with E-state index in [0.29, 0.717) is 12.8 Å². The number of hydrogen-bond donors (Lipinski definition) is 1. The predicted octanol–water partition coefficient (Wildman–Crippen LogP) is 0.676. The number of carboxylic acids is 1. The first-order valence-electron chi connectivity index (χ1n) is 4.27. The van der Waals surface area contributed by atoms with E-state index in [4.69, 9.17) is 5.11 Å². The summed E-state index contributed by atoms with van der Waals surface area (Å²) in [4.78, 5) is 10.8. The van der Waals surface area contributed by atoms with Crippen LogP contribution in [0, 0.1) is 5.41 Å². The van der Waals surface area contributed by atoms with Gasteiger partial charge in [-0.3, -0.25) is 4.79 Å². The number of rotatable bonds is 4. The molecule has 0 radical (unpaired) electrons. The molecule has 1 aliphatic carbocycles. The van der Waals surface area contributed by atoms with Gasteiger partial charge >= 0.3 is 5.97 Å². The maximum absolute atomic E-state index is 10.8. The summed E-state index contributed by atoms with van der Waals surface area (Å²) in [7, 11) is -3.03. The van der Waals surface area contributed by atoms with Gasteiger partial charge in [0.25, 0.3) is 0 Å². The third kappa shape index (κ3) is 2.43. The average Bonchev–Trinajstić information content (AvgIpc) is 1.80. The fourth-order valence-corrected chi connectivity index (χ4v) is 2.32. The summed E-state index contributed by atoms with van der Waals surface area (Å²) >= 11 is 0. The Morgan fingerprint density at radius 2 is 2.00 bits per heavy atom. The van der Waals surface area contributed by atoms with Gasteiger partial charge in [-0.05, 0) is 19.3 Å². The number of hydrogen-bond acceptors (Lipinski definition) is 3. The van der Waals surface area contributed by atoms with Crippen LogP contribution in [-0.4, -0.2) is 31.5 Å². The molecule has 0 aromatic heterocycles. The van der Waals surface area contributed by atoms with E-state index in [-0.39, 0.29) is 12.2 Å². The van der Waals surface area contributed by atoms with E-state index in [2.05, 4.69) is 0 Å². The highest BCUT2D eigenvalue weighted by atomic mass is 32.2. The molecule has 0 spiro atoms. The second-order valence-corrected chi connectivity index (χ2v) is 6.08. The Kier molecular flexibility index (Phi) is 2.66. The number of carboxylic acid groups (broad SMARTS) is 1. The molecule has 0 saturated heterocycles. The Bertz CT molecular complexity index is 300. The molecular weight excluding hydrogens is 192 g/mol. The molecule has 1 fully saturated rings. The van der Waals surface area contributed by atoms with Crippen LogP contribution < -0.4 is 0 Å². The van der Waals surface area contributed by atoms with Crippen molar-refractivity contribution in [2.24, 2.45) is 5.41 Å². The maximum atomic E-state index is 10.8. The minimum absolute atomic E-state index is 0.0146. The van der Waals surface area contributed by atoms with Crippen molar-refractivity contribution >= 4 is 15.8 Å². The van der Waals surface area contributed by atoms with Gasteiger partial charge in [-0.25, -0.2) is 8.42 Å². The van der Waals surface area contributed by atoms with Crippen molar-refractivity contribution in [3.63, 3.8) is 0 Å². The molecule has 5 heteroatoms. The molecule has 0 bridgehead atoms. The highest BCUT2D eigenvalue weighted by Gasteiger charge is 2.44. The molecule has 1 rings (SSSR count). The fraction of sp³-hybridized carbons (Fsp3) is 0.875. The van der Waals surface area contributed by atoms with E-state index in [0.717, 1.165) is 12.7 Å². The van der Waals surface area contributed by atoms with Crippen LogP contribution in [0.1, 0.15) is 25.7 Å². The Morgan fingerprint density at radius 3 is 2.23 bits per heavy atom. The van der Waals surface area contributed by atoms with Crippen molar-refractivity contribution in [1.29, 1.82) is 0 Å². The van der Waals surface area contributed by atoms with Crippen LogP contribution in [0.25, 0.3) is 0 Å². The predicted molar refractivity (Wildman–Crippen MR) is 48.2 cm³/mol. The van der Waals surface area contributed by atoms with Crippen LogP contribution in [-0.2, 0) is 14.6 Å². The summed E-state index contributed by atoms with van der Waals surface area (Å²) in [6, 6.07) is 0. The molecule has 0 aromatic carbocycles. The lowest BCUT2D eigenvalue weighted by Crippen LogP contribution is -2.39. The fourth-order valence-electron chi connectivity index (χ4n) is 1.56. The molecule has 0 unspecified atom stereocenters. The van der Waals surface area contributed by atoms with Crippen LogP contribution in [0.5, 0.6) is 0 Å². The van der Waals surface area contributed by atoms with Gasteiger partial charge in [0, 0.05) is 6.26 Å². The van der Waals surface area contributed by atoms with Gasteiger partial charge in [0.2, 0.25) is 0 Å². The van der Waals surface area contributed by atoms with Gasteiger partial charge in [-0.2, -0.15) is 0 Å². The second kappa shape index (κ2) is 3.29. The molecular formula is C8H14O4S. The monoisotopic (exact) mass is 206 g/mol. The zero-order valence-corrected chi connectivity index (χ0v) is 8.43. The van der Waals surface area contributed by atoms with Crippen LogP contribution >= 0.6 is 0 Å². The van der Waals surface area contributed by atoms with Gasteiger partial charge in [-0.1, -0.05) is 6.42 Å². The van der Waals surface area contributed by atoms with E-state index in [1.165, 1.54) is 0 Å². The zero-order chi connectivity index (χ0) is 10.1. The van der Waals surface area contributed by atoms with E-state index in [1.54, 1.807) is 0 Å². The minimum Gasteiger partial charge on any atom is -0.481 e. The molecule has 0 heterocycles.